The van der Waals surface area contributed by atoms with Crippen molar-refractivity contribution in [1.29, 1.82) is 0 Å². The number of nitrogens with one attached hydrogen (secondary N) is 2. The Bertz CT molecular complexity index is 453. The molecule has 2 N–H and O–H groups in total. The number of Topliss-reactive ketones (excluding diaryl/α,β-unsaturated/α-hetero) is 1. The SMILES string of the molecule is CCOCCC(=O)NCC1CCC(NC(=O)CCCC(=O)C(C)C)CC1.[HH].[HH]. The molecule has 0 atom stereocenters. The van der Waals surface area contributed by atoms with Gasteiger partial charge in [0, 0.05) is 47.2 Å². The summed E-state index contributed by atoms with van der Waals surface area (Å²) >= 11 is 0. The van der Waals surface area contributed by atoms with Crippen LogP contribution >= 0.6 is 0 Å². The predicted molar refractivity (Wildman–Crippen MR) is 106 cm³/mol. The summed E-state index contributed by atoms with van der Waals surface area (Å²) in [4.78, 5) is 35.2. The van der Waals surface area contributed by atoms with Crippen molar-refractivity contribution in [2.75, 3.05) is 19.8 Å². The number of ether oxygens (including phenoxy) is 1. The van der Waals surface area contributed by atoms with Gasteiger partial charge in [-0.1, -0.05) is 13.8 Å². The average molecular weight is 373 g/mol. The molecule has 0 aromatic heterocycles. The highest BCUT2D eigenvalue weighted by atomic mass is 16.5. The second-order valence-electron chi connectivity index (χ2n) is 7.51. The van der Waals surface area contributed by atoms with E-state index in [-0.39, 0.29) is 32.4 Å². The minimum absolute atomic E-state index is 0. The minimum atomic E-state index is 0. The summed E-state index contributed by atoms with van der Waals surface area (Å²) in [6.07, 6.45) is 5.90. The molecule has 2 amide bonds. The molecule has 0 spiro atoms. The van der Waals surface area contributed by atoms with Gasteiger partial charge >= 0.3 is 0 Å². The van der Waals surface area contributed by atoms with Crippen molar-refractivity contribution < 1.29 is 22.0 Å². The highest BCUT2D eigenvalue weighted by Gasteiger charge is 2.22. The Balaban J connectivity index is 0. The summed E-state index contributed by atoms with van der Waals surface area (Å²) in [5.41, 5.74) is 0. The molecule has 0 bridgehead atoms. The number of hydrogen-bond acceptors (Lipinski definition) is 4. The second-order valence-corrected chi connectivity index (χ2v) is 7.51. The maximum absolute atomic E-state index is 12.0. The second kappa shape index (κ2) is 12.8. The molecule has 1 fully saturated rings. The van der Waals surface area contributed by atoms with E-state index in [1.165, 1.54) is 0 Å². The number of ketones is 1. The van der Waals surface area contributed by atoms with Crippen LogP contribution in [0, 0.1) is 11.8 Å². The van der Waals surface area contributed by atoms with Gasteiger partial charge in [-0.25, -0.2) is 0 Å². The Labute approximate surface area is 160 Å². The minimum Gasteiger partial charge on any atom is -0.381 e. The number of amides is 2. The van der Waals surface area contributed by atoms with E-state index < -0.39 is 0 Å². The van der Waals surface area contributed by atoms with Gasteiger partial charge in [0.25, 0.3) is 0 Å². The maximum Gasteiger partial charge on any atom is 0.222 e. The third kappa shape index (κ3) is 9.90. The largest absolute Gasteiger partial charge is 0.381 e. The van der Waals surface area contributed by atoms with Crippen LogP contribution in [0.5, 0.6) is 0 Å². The number of rotatable bonds is 12. The number of hydrogen-bond donors (Lipinski definition) is 2. The first-order valence-electron chi connectivity index (χ1n) is 10.1. The van der Waals surface area contributed by atoms with Crippen LogP contribution in [0.25, 0.3) is 0 Å². The molecule has 26 heavy (non-hydrogen) atoms. The highest BCUT2D eigenvalue weighted by molar-refractivity contribution is 5.81. The van der Waals surface area contributed by atoms with E-state index in [2.05, 4.69) is 10.6 Å². The van der Waals surface area contributed by atoms with Crippen LogP contribution in [-0.4, -0.2) is 43.4 Å². The van der Waals surface area contributed by atoms with E-state index in [4.69, 9.17) is 4.74 Å². The first-order chi connectivity index (χ1) is 12.4. The van der Waals surface area contributed by atoms with E-state index >= 15 is 0 Å². The molecule has 6 heteroatoms. The normalized spacial score (nSPS) is 20.0. The van der Waals surface area contributed by atoms with E-state index in [1.807, 2.05) is 20.8 Å². The smallest absolute Gasteiger partial charge is 0.222 e. The monoisotopic (exact) mass is 372 g/mol. The Hall–Kier alpha value is -1.43. The van der Waals surface area contributed by atoms with Crippen LogP contribution < -0.4 is 10.6 Å². The van der Waals surface area contributed by atoms with Gasteiger partial charge in [-0.2, -0.15) is 0 Å². The van der Waals surface area contributed by atoms with E-state index in [1.54, 1.807) is 0 Å². The molecule has 0 aromatic rings. The summed E-state index contributed by atoms with van der Waals surface area (Å²) in [6, 6.07) is 0.230. The third-order valence-electron chi connectivity index (χ3n) is 4.95. The first-order valence-corrected chi connectivity index (χ1v) is 10.1. The molecular formula is C20H40N2O4. The number of carbonyl (C=O) groups excluding carboxylic acids is 3. The summed E-state index contributed by atoms with van der Waals surface area (Å²) in [5, 5.41) is 6.06. The zero-order valence-electron chi connectivity index (χ0n) is 16.6. The Morgan fingerprint density at radius 2 is 1.73 bits per heavy atom. The third-order valence-corrected chi connectivity index (χ3v) is 4.95. The molecule has 0 saturated heterocycles. The fraction of sp³-hybridized carbons (Fsp3) is 0.850. The van der Waals surface area contributed by atoms with Gasteiger partial charge in [0.05, 0.1) is 6.61 Å². The van der Waals surface area contributed by atoms with Crippen molar-refractivity contribution in [3.05, 3.63) is 0 Å². The fourth-order valence-corrected chi connectivity index (χ4v) is 3.18. The summed E-state index contributed by atoms with van der Waals surface area (Å²) < 4.78 is 5.18. The van der Waals surface area contributed by atoms with Gasteiger partial charge in [0.15, 0.2) is 0 Å². The lowest BCUT2D eigenvalue weighted by atomic mass is 9.86. The molecule has 1 aliphatic rings. The summed E-state index contributed by atoms with van der Waals surface area (Å²) in [6.45, 7) is 7.52. The lowest BCUT2D eigenvalue weighted by molar-refractivity contribution is -0.123. The molecule has 1 saturated carbocycles. The van der Waals surface area contributed by atoms with Gasteiger partial charge in [-0.3, -0.25) is 14.4 Å². The van der Waals surface area contributed by atoms with Gasteiger partial charge in [-0.05, 0) is 44.9 Å². The van der Waals surface area contributed by atoms with Crippen molar-refractivity contribution >= 4 is 17.6 Å². The topological polar surface area (TPSA) is 84.5 Å². The Kier molecular flexibility index (Phi) is 11.2. The molecule has 154 valence electrons. The molecule has 0 aliphatic heterocycles. The van der Waals surface area contributed by atoms with E-state index in [0.717, 1.165) is 25.7 Å². The van der Waals surface area contributed by atoms with Crippen LogP contribution in [0.2, 0.25) is 0 Å². The molecule has 6 nitrogen and oxygen atoms in total. The van der Waals surface area contributed by atoms with Gasteiger partial charge in [0.2, 0.25) is 11.8 Å². The van der Waals surface area contributed by atoms with Crippen LogP contribution in [0.3, 0.4) is 0 Å². The van der Waals surface area contributed by atoms with Crippen LogP contribution in [-0.2, 0) is 19.1 Å². The zero-order chi connectivity index (χ0) is 19.4. The fourth-order valence-electron chi connectivity index (χ4n) is 3.18. The highest BCUT2D eigenvalue weighted by Crippen LogP contribution is 2.24. The van der Waals surface area contributed by atoms with Crippen molar-refractivity contribution in [2.45, 2.75) is 78.2 Å². The first kappa shape index (κ1) is 22.6. The molecule has 1 aliphatic carbocycles. The quantitative estimate of drug-likeness (QED) is 0.516. The molecular weight excluding hydrogens is 332 g/mol. The average Bonchev–Trinajstić information content (AvgIpc) is 2.61. The summed E-state index contributed by atoms with van der Waals surface area (Å²) in [7, 11) is 0. The van der Waals surface area contributed by atoms with Crippen LogP contribution in [0.15, 0.2) is 0 Å². The molecule has 0 unspecified atom stereocenters. The molecule has 0 aromatic carbocycles. The Morgan fingerprint density at radius 3 is 2.35 bits per heavy atom. The lowest BCUT2D eigenvalue weighted by Gasteiger charge is -2.29. The number of carbonyl (C=O) groups is 3. The predicted octanol–water partition coefficient (Wildman–Crippen LogP) is 3.09. The summed E-state index contributed by atoms with van der Waals surface area (Å²) in [5.74, 6) is 0.858. The van der Waals surface area contributed by atoms with Gasteiger partial charge in [-0.15, -0.1) is 0 Å². The maximum atomic E-state index is 12.0. The lowest BCUT2D eigenvalue weighted by Crippen LogP contribution is -2.39. The van der Waals surface area contributed by atoms with Crippen molar-refractivity contribution in [1.82, 2.24) is 10.6 Å². The van der Waals surface area contributed by atoms with Crippen LogP contribution in [0.4, 0.5) is 0 Å². The molecule has 0 radical (unpaired) electrons. The van der Waals surface area contributed by atoms with Crippen LogP contribution in [0.1, 0.15) is 75.0 Å². The molecule has 1 rings (SSSR count). The van der Waals surface area contributed by atoms with E-state index in [0.29, 0.717) is 51.4 Å². The zero-order valence-corrected chi connectivity index (χ0v) is 16.6. The van der Waals surface area contributed by atoms with Crippen molar-refractivity contribution in [3.63, 3.8) is 0 Å². The standard InChI is InChI=1S/C20H36N2O4.2H2/c1-4-26-13-12-19(24)21-14-16-8-10-17(11-9-16)22-20(25)7-5-6-18(23)15(2)3;;/h15-17H,4-14H2,1-3H3,(H,21,24)(H,22,25);2*1H. The van der Waals surface area contributed by atoms with Crippen molar-refractivity contribution in [2.24, 2.45) is 11.8 Å². The molecule has 0 heterocycles. The van der Waals surface area contributed by atoms with E-state index in [9.17, 15) is 14.4 Å². The van der Waals surface area contributed by atoms with Crippen molar-refractivity contribution in [3.8, 4) is 0 Å². The van der Waals surface area contributed by atoms with Gasteiger partial charge < -0.3 is 15.4 Å². The Morgan fingerprint density at radius 1 is 1.04 bits per heavy atom. The van der Waals surface area contributed by atoms with Gasteiger partial charge in [0.1, 0.15) is 5.78 Å².